The molecule has 1 rings (SSSR count). The summed E-state index contributed by atoms with van der Waals surface area (Å²) in [7, 11) is 0. The number of hydrogen-bond donors (Lipinski definition) is 0. The molecule has 4 heteroatoms. The second kappa shape index (κ2) is 6.37. The lowest BCUT2D eigenvalue weighted by atomic mass is 10.1. The fourth-order valence-electron chi connectivity index (χ4n) is 1.24. The van der Waals surface area contributed by atoms with Gasteiger partial charge < -0.3 is 0 Å². The highest BCUT2D eigenvalue weighted by Gasteiger charge is 2.07. The quantitative estimate of drug-likeness (QED) is 0.732. The molecule has 82 valence electrons. The van der Waals surface area contributed by atoms with Crippen molar-refractivity contribution in [3.8, 4) is 0 Å². The fraction of sp³-hybridized carbons (Fsp3) is 0.364. The summed E-state index contributed by atoms with van der Waals surface area (Å²) in [5.41, 5.74) is 0.781. The third kappa shape index (κ3) is 4.42. The van der Waals surface area contributed by atoms with Crippen molar-refractivity contribution in [2.24, 2.45) is 0 Å². The highest BCUT2D eigenvalue weighted by atomic mass is 35.5. The zero-order valence-electron chi connectivity index (χ0n) is 8.10. The SMILES string of the molecule is O=C(CCCCl)Cc1cc(Cl)ccc1Cl. The van der Waals surface area contributed by atoms with Crippen LogP contribution in [0.1, 0.15) is 18.4 Å². The van der Waals surface area contributed by atoms with Gasteiger partial charge in [-0.3, -0.25) is 4.79 Å². The molecule has 0 aromatic heterocycles. The lowest BCUT2D eigenvalue weighted by molar-refractivity contribution is -0.118. The summed E-state index contributed by atoms with van der Waals surface area (Å²) >= 11 is 17.3. The molecule has 0 spiro atoms. The zero-order valence-corrected chi connectivity index (χ0v) is 10.4. The van der Waals surface area contributed by atoms with Gasteiger partial charge in [-0.2, -0.15) is 0 Å². The van der Waals surface area contributed by atoms with Crippen LogP contribution in [-0.4, -0.2) is 11.7 Å². The molecule has 0 unspecified atom stereocenters. The Balaban J connectivity index is 2.63. The van der Waals surface area contributed by atoms with E-state index in [-0.39, 0.29) is 5.78 Å². The Morgan fingerprint density at radius 1 is 1.27 bits per heavy atom. The van der Waals surface area contributed by atoms with Gasteiger partial charge in [0.05, 0.1) is 0 Å². The largest absolute Gasteiger partial charge is 0.299 e. The Morgan fingerprint density at radius 2 is 2.00 bits per heavy atom. The van der Waals surface area contributed by atoms with Crippen LogP contribution < -0.4 is 0 Å². The average Bonchev–Trinajstić information content (AvgIpc) is 2.20. The molecule has 0 amide bonds. The predicted octanol–water partition coefficient (Wildman–Crippen LogP) is 4.12. The molecule has 1 nitrogen and oxygen atoms in total. The Labute approximate surface area is 104 Å². The number of hydrogen-bond acceptors (Lipinski definition) is 1. The predicted molar refractivity (Wildman–Crippen MR) is 65.1 cm³/mol. The van der Waals surface area contributed by atoms with Crippen LogP contribution >= 0.6 is 34.8 Å². The van der Waals surface area contributed by atoms with Crippen LogP contribution in [0.25, 0.3) is 0 Å². The van der Waals surface area contributed by atoms with Gasteiger partial charge in [-0.15, -0.1) is 11.6 Å². The van der Waals surface area contributed by atoms with Crippen molar-refractivity contribution in [3.63, 3.8) is 0 Å². The molecular formula is C11H11Cl3O. The standard InChI is InChI=1S/C11H11Cl3O/c12-5-1-2-10(15)7-8-6-9(13)3-4-11(8)14/h3-4,6H,1-2,5,7H2. The number of ketones is 1. The normalized spacial score (nSPS) is 10.3. The number of rotatable bonds is 5. The van der Waals surface area contributed by atoms with Gasteiger partial charge in [-0.25, -0.2) is 0 Å². The van der Waals surface area contributed by atoms with Crippen LogP contribution in [0.4, 0.5) is 0 Å². The fourth-order valence-corrected chi connectivity index (χ4v) is 1.76. The van der Waals surface area contributed by atoms with E-state index in [1.807, 2.05) is 0 Å². The molecule has 0 radical (unpaired) electrons. The van der Waals surface area contributed by atoms with Crippen LogP contribution in [0.3, 0.4) is 0 Å². The number of benzene rings is 1. The second-order valence-electron chi connectivity index (χ2n) is 3.24. The molecule has 0 aliphatic heterocycles. The van der Waals surface area contributed by atoms with E-state index in [9.17, 15) is 4.79 Å². The van der Waals surface area contributed by atoms with Gasteiger partial charge in [-0.05, 0) is 30.2 Å². The first-order valence-corrected chi connectivity index (χ1v) is 5.94. The molecule has 0 aliphatic carbocycles. The molecule has 1 aromatic carbocycles. The lowest BCUT2D eigenvalue weighted by Crippen LogP contribution is -2.03. The maximum atomic E-state index is 11.5. The highest BCUT2D eigenvalue weighted by molar-refractivity contribution is 6.33. The second-order valence-corrected chi connectivity index (χ2v) is 4.47. The van der Waals surface area contributed by atoms with Crippen LogP contribution in [0.2, 0.25) is 10.0 Å². The van der Waals surface area contributed by atoms with Gasteiger partial charge in [-0.1, -0.05) is 23.2 Å². The van der Waals surface area contributed by atoms with Gasteiger partial charge in [0.1, 0.15) is 5.78 Å². The van der Waals surface area contributed by atoms with E-state index < -0.39 is 0 Å². The first kappa shape index (κ1) is 12.8. The summed E-state index contributed by atoms with van der Waals surface area (Å²) in [6.45, 7) is 0. The van der Waals surface area contributed by atoms with Crippen LogP contribution in [0.5, 0.6) is 0 Å². The van der Waals surface area contributed by atoms with Crippen molar-refractivity contribution in [1.29, 1.82) is 0 Å². The van der Waals surface area contributed by atoms with Crippen LogP contribution in [0.15, 0.2) is 18.2 Å². The molecule has 0 saturated heterocycles. The molecule has 0 saturated carbocycles. The summed E-state index contributed by atoms with van der Waals surface area (Å²) in [4.78, 5) is 11.5. The van der Waals surface area contributed by atoms with E-state index in [0.29, 0.717) is 35.2 Å². The number of Topliss-reactive ketones (excluding diaryl/α,β-unsaturated/α-hetero) is 1. The van der Waals surface area contributed by atoms with E-state index in [0.717, 1.165) is 5.56 Å². The Kier molecular flexibility index (Phi) is 5.44. The molecule has 15 heavy (non-hydrogen) atoms. The Bertz CT molecular complexity index is 350. The van der Waals surface area contributed by atoms with E-state index in [2.05, 4.69) is 0 Å². The molecule has 0 aliphatic rings. The van der Waals surface area contributed by atoms with E-state index in [1.165, 1.54) is 0 Å². The zero-order chi connectivity index (χ0) is 11.3. The van der Waals surface area contributed by atoms with E-state index in [1.54, 1.807) is 18.2 Å². The van der Waals surface area contributed by atoms with Crippen molar-refractivity contribution in [3.05, 3.63) is 33.8 Å². The molecule has 0 fully saturated rings. The van der Waals surface area contributed by atoms with Crippen molar-refractivity contribution < 1.29 is 4.79 Å². The third-order valence-electron chi connectivity index (χ3n) is 1.98. The maximum absolute atomic E-state index is 11.5. The summed E-state index contributed by atoms with van der Waals surface area (Å²) in [5.74, 6) is 0.648. The van der Waals surface area contributed by atoms with Gasteiger partial charge in [0, 0.05) is 28.8 Å². The minimum Gasteiger partial charge on any atom is -0.299 e. The van der Waals surface area contributed by atoms with Crippen LogP contribution in [-0.2, 0) is 11.2 Å². The number of carbonyl (C=O) groups excluding carboxylic acids is 1. The van der Waals surface area contributed by atoms with Crippen molar-refractivity contribution in [1.82, 2.24) is 0 Å². The third-order valence-corrected chi connectivity index (χ3v) is 2.86. The minimum absolute atomic E-state index is 0.139. The summed E-state index contributed by atoms with van der Waals surface area (Å²) in [6, 6.07) is 5.13. The van der Waals surface area contributed by atoms with Gasteiger partial charge in [0.2, 0.25) is 0 Å². The Hall–Kier alpha value is -0.240. The maximum Gasteiger partial charge on any atom is 0.137 e. The molecule has 1 aromatic rings. The molecule has 0 atom stereocenters. The van der Waals surface area contributed by atoms with Crippen molar-refractivity contribution >= 4 is 40.6 Å². The van der Waals surface area contributed by atoms with E-state index in [4.69, 9.17) is 34.8 Å². The summed E-state index contributed by atoms with van der Waals surface area (Å²) in [6.07, 6.45) is 1.53. The van der Waals surface area contributed by atoms with E-state index >= 15 is 0 Å². The number of halogens is 3. The topological polar surface area (TPSA) is 17.1 Å². The van der Waals surface area contributed by atoms with Crippen LogP contribution in [0, 0.1) is 0 Å². The molecular weight excluding hydrogens is 254 g/mol. The smallest absolute Gasteiger partial charge is 0.137 e. The minimum atomic E-state index is 0.139. The lowest BCUT2D eigenvalue weighted by Gasteiger charge is -2.03. The number of alkyl halides is 1. The average molecular weight is 266 g/mol. The summed E-state index contributed by atoms with van der Waals surface area (Å²) in [5, 5.41) is 1.18. The summed E-state index contributed by atoms with van der Waals surface area (Å²) < 4.78 is 0. The van der Waals surface area contributed by atoms with Gasteiger partial charge >= 0.3 is 0 Å². The highest BCUT2D eigenvalue weighted by Crippen LogP contribution is 2.21. The molecule has 0 heterocycles. The molecule has 0 N–H and O–H groups in total. The van der Waals surface area contributed by atoms with Crippen molar-refractivity contribution in [2.45, 2.75) is 19.3 Å². The monoisotopic (exact) mass is 264 g/mol. The van der Waals surface area contributed by atoms with Gasteiger partial charge in [0.25, 0.3) is 0 Å². The number of carbonyl (C=O) groups is 1. The molecule has 0 bridgehead atoms. The first-order valence-electron chi connectivity index (χ1n) is 4.65. The van der Waals surface area contributed by atoms with Gasteiger partial charge in [0.15, 0.2) is 0 Å². The Morgan fingerprint density at radius 3 is 2.67 bits per heavy atom. The first-order chi connectivity index (χ1) is 7.13. The van der Waals surface area contributed by atoms with Crippen molar-refractivity contribution in [2.75, 3.05) is 5.88 Å².